The second-order valence-corrected chi connectivity index (χ2v) is 2.95. The van der Waals surface area contributed by atoms with E-state index >= 15 is 0 Å². The molecule has 82 valence electrons. The number of tetrazole rings is 1. The lowest BCUT2D eigenvalue weighted by Gasteiger charge is -2.05. The fourth-order valence-electron chi connectivity index (χ4n) is 1.17. The first-order valence-electron chi connectivity index (χ1n) is 4.48. The third kappa shape index (κ3) is 2.11. The SMILES string of the molecule is NC(=O)c1cccnc1NCc1nn[nH]n1. The van der Waals surface area contributed by atoms with Crippen LogP contribution in [0.2, 0.25) is 0 Å². The Hall–Kier alpha value is -2.51. The second kappa shape index (κ2) is 4.34. The van der Waals surface area contributed by atoms with Crippen molar-refractivity contribution in [1.29, 1.82) is 0 Å². The molecule has 0 aromatic carbocycles. The van der Waals surface area contributed by atoms with Crippen LogP contribution >= 0.6 is 0 Å². The van der Waals surface area contributed by atoms with E-state index in [1.54, 1.807) is 18.3 Å². The number of amides is 1. The largest absolute Gasteiger partial charge is 0.365 e. The van der Waals surface area contributed by atoms with E-state index < -0.39 is 5.91 Å². The summed E-state index contributed by atoms with van der Waals surface area (Å²) in [5.74, 6) is 0.338. The fourth-order valence-corrected chi connectivity index (χ4v) is 1.17. The van der Waals surface area contributed by atoms with Crippen molar-refractivity contribution in [3.8, 4) is 0 Å². The highest BCUT2D eigenvalue weighted by molar-refractivity contribution is 5.97. The minimum absolute atomic E-state index is 0.313. The Morgan fingerprint density at radius 3 is 3.12 bits per heavy atom. The molecule has 0 saturated carbocycles. The van der Waals surface area contributed by atoms with Crippen molar-refractivity contribution in [1.82, 2.24) is 25.6 Å². The molecule has 0 aliphatic heterocycles. The lowest BCUT2D eigenvalue weighted by Crippen LogP contribution is -2.15. The minimum Gasteiger partial charge on any atom is -0.365 e. The number of hydrogen-bond donors (Lipinski definition) is 3. The third-order valence-electron chi connectivity index (χ3n) is 1.88. The van der Waals surface area contributed by atoms with Crippen LogP contribution in [0.5, 0.6) is 0 Å². The van der Waals surface area contributed by atoms with E-state index in [-0.39, 0.29) is 0 Å². The van der Waals surface area contributed by atoms with E-state index in [0.29, 0.717) is 23.8 Å². The molecule has 0 atom stereocenters. The molecule has 0 aliphatic carbocycles. The van der Waals surface area contributed by atoms with Gasteiger partial charge in [-0.15, -0.1) is 10.2 Å². The molecule has 0 bridgehead atoms. The zero-order valence-corrected chi connectivity index (χ0v) is 8.21. The predicted molar refractivity (Wildman–Crippen MR) is 54.3 cm³/mol. The Bertz CT molecular complexity index is 481. The summed E-state index contributed by atoms with van der Waals surface area (Å²) in [5.41, 5.74) is 5.52. The van der Waals surface area contributed by atoms with Gasteiger partial charge in [-0.05, 0) is 12.1 Å². The Morgan fingerprint density at radius 1 is 1.56 bits per heavy atom. The Balaban J connectivity index is 2.12. The molecule has 2 aromatic heterocycles. The lowest BCUT2D eigenvalue weighted by molar-refractivity contribution is 0.100. The van der Waals surface area contributed by atoms with E-state index in [1.807, 2.05) is 0 Å². The fraction of sp³-hybridized carbons (Fsp3) is 0.125. The van der Waals surface area contributed by atoms with Crippen molar-refractivity contribution >= 4 is 11.7 Å². The van der Waals surface area contributed by atoms with Crippen LogP contribution in [0.3, 0.4) is 0 Å². The smallest absolute Gasteiger partial charge is 0.252 e. The first-order valence-corrected chi connectivity index (χ1v) is 4.48. The number of H-pyrrole nitrogens is 1. The van der Waals surface area contributed by atoms with Crippen LogP contribution in [0.1, 0.15) is 16.2 Å². The Kier molecular flexibility index (Phi) is 2.72. The molecule has 1 amide bonds. The monoisotopic (exact) mass is 219 g/mol. The molecular weight excluding hydrogens is 210 g/mol. The molecule has 8 nitrogen and oxygen atoms in total. The maximum Gasteiger partial charge on any atom is 0.252 e. The van der Waals surface area contributed by atoms with Crippen LogP contribution in [-0.2, 0) is 6.54 Å². The first-order chi connectivity index (χ1) is 7.77. The van der Waals surface area contributed by atoms with E-state index in [9.17, 15) is 4.79 Å². The van der Waals surface area contributed by atoms with Gasteiger partial charge in [-0.3, -0.25) is 4.79 Å². The molecule has 0 saturated heterocycles. The van der Waals surface area contributed by atoms with E-state index in [1.165, 1.54) is 0 Å². The highest BCUT2D eigenvalue weighted by Crippen LogP contribution is 2.10. The standard InChI is InChI=1S/C8H9N7O/c9-7(16)5-2-1-3-10-8(5)11-4-6-12-14-15-13-6/h1-3H,4H2,(H2,9,16)(H,10,11)(H,12,13,14,15). The van der Waals surface area contributed by atoms with Crippen molar-refractivity contribution in [3.05, 3.63) is 29.7 Å². The number of nitrogens with one attached hydrogen (secondary N) is 2. The number of hydrogen-bond acceptors (Lipinski definition) is 6. The maximum absolute atomic E-state index is 11.1. The van der Waals surface area contributed by atoms with Crippen molar-refractivity contribution in [2.45, 2.75) is 6.54 Å². The Labute approximate surface area is 90.3 Å². The summed E-state index contributed by atoms with van der Waals surface area (Å²) in [7, 11) is 0. The van der Waals surface area contributed by atoms with Crippen molar-refractivity contribution in [2.75, 3.05) is 5.32 Å². The van der Waals surface area contributed by atoms with Gasteiger partial charge in [0, 0.05) is 6.20 Å². The zero-order chi connectivity index (χ0) is 11.4. The molecule has 16 heavy (non-hydrogen) atoms. The predicted octanol–water partition coefficient (Wildman–Crippen LogP) is -0.694. The van der Waals surface area contributed by atoms with Crippen molar-refractivity contribution < 1.29 is 4.79 Å². The number of aromatic nitrogens is 5. The molecule has 2 aromatic rings. The minimum atomic E-state index is -0.538. The molecule has 2 heterocycles. The van der Waals surface area contributed by atoms with Gasteiger partial charge in [-0.1, -0.05) is 5.21 Å². The summed E-state index contributed by atoms with van der Waals surface area (Å²) in [6, 6.07) is 3.23. The summed E-state index contributed by atoms with van der Waals surface area (Å²) in [4.78, 5) is 15.1. The summed E-state index contributed by atoms with van der Waals surface area (Å²) < 4.78 is 0. The number of carbonyl (C=O) groups is 1. The van der Waals surface area contributed by atoms with Gasteiger partial charge in [0.15, 0.2) is 5.82 Å². The third-order valence-corrected chi connectivity index (χ3v) is 1.88. The molecule has 0 aliphatic rings. The van der Waals surface area contributed by atoms with Crippen LogP contribution in [0.4, 0.5) is 5.82 Å². The van der Waals surface area contributed by atoms with Gasteiger partial charge in [0.1, 0.15) is 5.82 Å². The number of rotatable bonds is 4. The number of primary amides is 1. The summed E-state index contributed by atoms with van der Waals surface area (Å²) >= 11 is 0. The topological polar surface area (TPSA) is 122 Å². The van der Waals surface area contributed by atoms with Crippen LogP contribution in [0, 0.1) is 0 Å². The number of anilines is 1. The zero-order valence-electron chi connectivity index (χ0n) is 8.21. The van der Waals surface area contributed by atoms with Gasteiger partial charge in [-0.25, -0.2) is 4.98 Å². The van der Waals surface area contributed by atoms with Crippen LogP contribution in [0.25, 0.3) is 0 Å². The van der Waals surface area contributed by atoms with Crippen molar-refractivity contribution in [2.24, 2.45) is 5.73 Å². The van der Waals surface area contributed by atoms with E-state index in [4.69, 9.17) is 5.73 Å². The molecular formula is C8H9N7O. The molecule has 2 rings (SSSR count). The van der Waals surface area contributed by atoms with Crippen LogP contribution in [0.15, 0.2) is 18.3 Å². The molecule has 0 unspecified atom stereocenters. The van der Waals surface area contributed by atoms with Gasteiger partial charge < -0.3 is 11.1 Å². The highest BCUT2D eigenvalue weighted by Gasteiger charge is 2.08. The maximum atomic E-state index is 11.1. The van der Waals surface area contributed by atoms with E-state index in [0.717, 1.165) is 0 Å². The van der Waals surface area contributed by atoms with Gasteiger partial charge in [0.25, 0.3) is 5.91 Å². The van der Waals surface area contributed by atoms with Gasteiger partial charge in [0.05, 0.1) is 12.1 Å². The summed E-state index contributed by atoms with van der Waals surface area (Å²) in [6.07, 6.45) is 1.56. The Morgan fingerprint density at radius 2 is 2.44 bits per heavy atom. The molecule has 0 fully saturated rings. The van der Waals surface area contributed by atoms with Gasteiger partial charge in [-0.2, -0.15) is 5.21 Å². The highest BCUT2D eigenvalue weighted by atomic mass is 16.1. The molecule has 0 spiro atoms. The lowest BCUT2D eigenvalue weighted by atomic mass is 10.2. The number of pyridine rings is 1. The average molecular weight is 219 g/mol. The molecule has 4 N–H and O–H groups in total. The number of nitrogens with zero attached hydrogens (tertiary/aromatic N) is 4. The van der Waals surface area contributed by atoms with Crippen LogP contribution in [-0.4, -0.2) is 31.5 Å². The quantitative estimate of drug-likeness (QED) is 0.625. The molecule has 8 heteroatoms. The molecule has 0 radical (unpaired) electrons. The average Bonchev–Trinajstić information content (AvgIpc) is 2.79. The number of nitrogens with two attached hydrogens (primary N) is 1. The van der Waals surface area contributed by atoms with Crippen LogP contribution < -0.4 is 11.1 Å². The number of aromatic amines is 1. The normalized spacial score (nSPS) is 10.0. The van der Waals surface area contributed by atoms with Crippen molar-refractivity contribution in [3.63, 3.8) is 0 Å². The summed E-state index contributed by atoms with van der Waals surface area (Å²) in [6.45, 7) is 0.313. The van der Waals surface area contributed by atoms with Gasteiger partial charge in [0.2, 0.25) is 0 Å². The first kappa shape index (κ1) is 10.0. The van der Waals surface area contributed by atoms with E-state index in [2.05, 4.69) is 30.9 Å². The second-order valence-electron chi connectivity index (χ2n) is 2.95. The summed E-state index contributed by atoms with van der Waals surface area (Å²) in [5, 5.41) is 16.1. The van der Waals surface area contributed by atoms with Gasteiger partial charge >= 0.3 is 0 Å². The number of carbonyl (C=O) groups excluding carboxylic acids is 1.